The minimum absolute atomic E-state index is 0.336. The van der Waals surface area contributed by atoms with Crippen LogP contribution in [0.15, 0.2) is 12.5 Å². The van der Waals surface area contributed by atoms with Gasteiger partial charge in [-0.1, -0.05) is 18.5 Å². The Morgan fingerprint density at radius 2 is 2.44 bits per heavy atom. The van der Waals surface area contributed by atoms with Gasteiger partial charge in [0.25, 0.3) is 0 Å². The molecule has 2 heterocycles. The predicted molar refractivity (Wildman–Crippen MR) is 75.0 cm³/mol. The molecule has 1 saturated heterocycles. The van der Waals surface area contributed by atoms with Crippen molar-refractivity contribution in [2.24, 2.45) is 5.92 Å². The van der Waals surface area contributed by atoms with Crippen molar-refractivity contribution in [3.8, 4) is 0 Å². The Balaban J connectivity index is 1.85. The van der Waals surface area contributed by atoms with Crippen molar-refractivity contribution in [1.82, 2.24) is 14.9 Å². The summed E-state index contributed by atoms with van der Waals surface area (Å²) in [5.74, 6) is 1.54. The van der Waals surface area contributed by atoms with Gasteiger partial charge in [0.1, 0.15) is 17.2 Å². The zero-order chi connectivity index (χ0) is 13.0. The fourth-order valence-corrected chi connectivity index (χ4v) is 2.70. The van der Waals surface area contributed by atoms with Crippen LogP contribution in [-0.2, 0) is 0 Å². The van der Waals surface area contributed by atoms with E-state index >= 15 is 0 Å². The molecule has 1 fully saturated rings. The van der Waals surface area contributed by atoms with E-state index in [4.69, 9.17) is 11.6 Å². The molecular weight excluding hydrogens is 248 g/mol. The first-order valence-electron chi connectivity index (χ1n) is 6.59. The van der Waals surface area contributed by atoms with E-state index in [2.05, 4.69) is 34.0 Å². The zero-order valence-electron chi connectivity index (χ0n) is 11.1. The Morgan fingerprint density at radius 3 is 3.17 bits per heavy atom. The summed E-state index contributed by atoms with van der Waals surface area (Å²) in [6.45, 7) is 7.92. The average molecular weight is 269 g/mol. The third-order valence-electron chi connectivity index (χ3n) is 3.32. The molecule has 18 heavy (non-hydrogen) atoms. The largest absolute Gasteiger partial charge is 0.365 e. The summed E-state index contributed by atoms with van der Waals surface area (Å²) in [4.78, 5) is 10.6. The molecule has 1 aromatic rings. The van der Waals surface area contributed by atoms with E-state index in [1.807, 2.05) is 0 Å². The number of anilines is 1. The van der Waals surface area contributed by atoms with Gasteiger partial charge in [0.05, 0.1) is 6.20 Å². The molecule has 5 heteroatoms. The molecule has 1 aliphatic heterocycles. The van der Waals surface area contributed by atoms with Crippen molar-refractivity contribution in [3.05, 3.63) is 17.5 Å². The van der Waals surface area contributed by atoms with Crippen LogP contribution in [0.1, 0.15) is 26.7 Å². The Bertz CT molecular complexity index is 385. The lowest BCUT2D eigenvalue weighted by Gasteiger charge is -2.33. The highest BCUT2D eigenvalue weighted by Crippen LogP contribution is 2.19. The third-order valence-corrected chi connectivity index (χ3v) is 3.60. The second-order valence-electron chi connectivity index (χ2n) is 5.27. The Morgan fingerprint density at radius 1 is 1.61 bits per heavy atom. The highest BCUT2D eigenvalue weighted by molar-refractivity contribution is 6.32. The zero-order valence-corrected chi connectivity index (χ0v) is 11.8. The van der Waals surface area contributed by atoms with Gasteiger partial charge in [-0.05, 0) is 32.2 Å². The molecule has 0 radical (unpaired) electrons. The van der Waals surface area contributed by atoms with Crippen LogP contribution in [0.5, 0.6) is 0 Å². The van der Waals surface area contributed by atoms with Crippen LogP contribution in [0.4, 0.5) is 5.82 Å². The first kappa shape index (κ1) is 13.6. The fraction of sp³-hybridized carbons (Fsp3) is 0.692. The quantitative estimate of drug-likeness (QED) is 0.912. The van der Waals surface area contributed by atoms with Crippen LogP contribution in [0, 0.1) is 5.92 Å². The van der Waals surface area contributed by atoms with Crippen molar-refractivity contribution in [2.75, 3.05) is 25.0 Å². The van der Waals surface area contributed by atoms with Crippen molar-refractivity contribution in [2.45, 2.75) is 32.7 Å². The van der Waals surface area contributed by atoms with E-state index in [1.54, 1.807) is 6.20 Å². The van der Waals surface area contributed by atoms with E-state index < -0.39 is 0 Å². The molecule has 2 atom stereocenters. The summed E-state index contributed by atoms with van der Waals surface area (Å²) < 4.78 is 0. The van der Waals surface area contributed by atoms with E-state index in [0.29, 0.717) is 11.1 Å². The average Bonchev–Trinajstić information content (AvgIpc) is 2.32. The molecule has 100 valence electrons. The maximum Gasteiger partial charge on any atom is 0.148 e. The van der Waals surface area contributed by atoms with Gasteiger partial charge in [-0.15, -0.1) is 0 Å². The maximum atomic E-state index is 6.03. The van der Waals surface area contributed by atoms with Crippen LogP contribution in [0.25, 0.3) is 0 Å². The minimum Gasteiger partial charge on any atom is -0.365 e. The lowest BCUT2D eigenvalue weighted by molar-refractivity contribution is 0.180. The van der Waals surface area contributed by atoms with E-state index in [1.165, 1.54) is 32.3 Å². The van der Waals surface area contributed by atoms with Gasteiger partial charge in [-0.3, -0.25) is 0 Å². The molecule has 0 aromatic carbocycles. The van der Waals surface area contributed by atoms with E-state index in [-0.39, 0.29) is 0 Å². The van der Waals surface area contributed by atoms with Gasteiger partial charge >= 0.3 is 0 Å². The first-order chi connectivity index (χ1) is 8.65. The molecule has 2 unspecified atom stereocenters. The summed E-state index contributed by atoms with van der Waals surface area (Å²) >= 11 is 6.03. The monoisotopic (exact) mass is 268 g/mol. The van der Waals surface area contributed by atoms with Crippen molar-refractivity contribution >= 4 is 17.4 Å². The summed E-state index contributed by atoms with van der Waals surface area (Å²) in [7, 11) is 0. The second-order valence-corrected chi connectivity index (χ2v) is 5.68. The lowest BCUT2D eigenvalue weighted by Crippen LogP contribution is -2.41. The molecule has 1 N–H and O–H groups in total. The molecule has 2 rings (SSSR count). The number of hydrogen-bond acceptors (Lipinski definition) is 4. The third kappa shape index (κ3) is 3.82. The van der Waals surface area contributed by atoms with E-state index in [0.717, 1.165) is 18.3 Å². The molecule has 0 bridgehead atoms. The minimum atomic E-state index is 0.336. The molecule has 0 amide bonds. The van der Waals surface area contributed by atoms with Crippen molar-refractivity contribution < 1.29 is 0 Å². The molecule has 1 aromatic heterocycles. The Kier molecular flexibility index (Phi) is 4.78. The number of nitrogens with zero attached hydrogens (tertiary/aromatic N) is 3. The second kappa shape index (κ2) is 6.34. The van der Waals surface area contributed by atoms with Crippen molar-refractivity contribution in [3.63, 3.8) is 0 Å². The van der Waals surface area contributed by atoms with E-state index in [9.17, 15) is 0 Å². The summed E-state index contributed by atoms with van der Waals surface area (Å²) in [6.07, 6.45) is 5.80. The fourth-order valence-electron chi connectivity index (χ4n) is 2.54. The van der Waals surface area contributed by atoms with Gasteiger partial charge in [0.2, 0.25) is 0 Å². The summed E-state index contributed by atoms with van der Waals surface area (Å²) in [5.41, 5.74) is 0. The number of likely N-dealkylation sites (tertiary alicyclic amines) is 1. The van der Waals surface area contributed by atoms with Gasteiger partial charge in [-0.25, -0.2) is 9.97 Å². The normalized spacial score (nSPS) is 22.7. The van der Waals surface area contributed by atoms with Gasteiger partial charge < -0.3 is 10.2 Å². The Labute approximate surface area is 114 Å². The highest BCUT2D eigenvalue weighted by atomic mass is 35.5. The van der Waals surface area contributed by atoms with Gasteiger partial charge in [0.15, 0.2) is 0 Å². The van der Waals surface area contributed by atoms with Crippen LogP contribution in [-0.4, -0.2) is 40.5 Å². The van der Waals surface area contributed by atoms with Crippen LogP contribution in [0.3, 0.4) is 0 Å². The molecule has 1 aliphatic rings. The van der Waals surface area contributed by atoms with Crippen LogP contribution in [0.2, 0.25) is 5.02 Å². The molecule has 4 nitrogen and oxygen atoms in total. The number of nitrogens with one attached hydrogen (secondary N) is 1. The topological polar surface area (TPSA) is 41.0 Å². The summed E-state index contributed by atoms with van der Waals surface area (Å²) in [6, 6.07) is 0.336. The lowest BCUT2D eigenvalue weighted by atomic mass is 10.00. The summed E-state index contributed by atoms with van der Waals surface area (Å²) in [5, 5.41) is 3.93. The smallest absolute Gasteiger partial charge is 0.148 e. The maximum absolute atomic E-state index is 6.03. The number of halogens is 1. The Hall–Kier alpha value is -0.870. The molecule has 0 spiro atoms. The number of piperidine rings is 1. The highest BCUT2D eigenvalue weighted by Gasteiger charge is 2.18. The first-order valence-corrected chi connectivity index (χ1v) is 6.97. The van der Waals surface area contributed by atoms with Crippen LogP contribution >= 0.6 is 11.6 Å². The van der Waals surface area contributed by atoms with Crippen molar-refractivity contribution in [1.29, 1.82) is 0 Å². The number of hydrogen-bond donors (Lipinski definition) is 1. The number of rotatable bonds is 4. The standard InChI is InChI=1S/C13H21ClN4/c1-10-4-3-5-18(7-10)8-11(2)17-13-12(14)6-15-9-16-13/h6,9-11H,3-5,7-8H2,1-2H3,(H,15,16,17). The van der Waals surface area contributed by atoms with Crippen LogP contribution < -0.4 is 5.32 Å². The molecule has 0 saturated carbocycles. The predicted octanol–water partition coefficient (Wildman–Crippen LogP) is 2.66. The van der Waals surface area contributed by atoms with Gasteiger partial charge in [-0.2, -0.15) is 0 Å². The molecule has 0 aliphatic carbocycles. The van der Waals surface area contributed by atoms with Gasteiger partial charge in [0, 0.05) is 19.1 Å². The molecular formula is C13H21ClN4. The number of aromatic nitrogens is 2. The SMILES string of the molecule is CC1CCCN(CC(C)Nc2ncncc2Cl)C1.